The van der Waals surface area contributed by atoms with E-state index < -0.39 is 0 Å². The summed E-state index contributed by atoms with van der Waals surface area (Å²) in [5, 5.41) is 6.84. The Bertz CT molecular complexity index is 779. The molecule has 3 aromatic rings. The molecule has 1 heterocycles. The van der Waals surface area contributed by atoms with Gasteiger partial charge < -0.3 is 0 Å². The maximum absolute atomic E-state index is 5.55. The average molecular weight is 315 g/mol. The summed E-state index contributed by atoms with van der Waals surface area (Å²) >= 11 is 0.214. The molecule has 0 aliphatic heterocycles. The van der Waals surface area contributed by atoms with Crippen molar-refractivity contribution in [1.29, 1.82) is 0 Å². The molecule has 0 saturated heterocycles. The van der Waals surface area contributed by atoms with Gasteiger partial charge in [0.15, 0.2) is 0 Å². The molecule has 94 valence electrons. The van der Waals surface area contributed by atoms with Crippen LogP contribution in [0.2, 0.25) is 0 Å². The minimum absolute atomic E-state index is 0.214. The monoisotopic (exact) mass is 316 g/mol. The van der Waals surface area contributed by atoms with Gasteiger partial charge >= 0.3 is 117 Å². The van der Waals surface area contributed by atoms with Crippen molar-refractivity contribution in [3.63, 3.8) is 0 Å². The van der Waals surface area contributed by atoms with E-state index >= 15 is 0 Å². The second kappa shape index (κ2) is 4.19. The van der Waals surface area contributed by atoms with Crippen LogP contribution in [-0.4, -0.2) is 31.0 Å². The van der Waals surface area contributed by atoms with Crippen molar-refractivity contribution in [2.45, 2.75) is 12.8 Å². The first-order chi connectivity index (χ1) is 9.38. The first-order valence-corrected chi connectivity index (χ1v) is 7.91. The molecule has 1 aliphatic carbocycles. The van der Waals surface area contributed by atoms with Crippen LogP contribution in [0.5, 0.6) is 5.75 Å². The molecular weight excluding hydrogens is 303 g/mol. The Morgan fingerprint density at radius 3 is 2.84 bits per heavy atom. The Kier molecular flexibility index (Phi) is 2.47. The molecule has 0 N–H and O–H groups in total. The van der Waals surface area contributed by atoms with Crippen LogP contribution in [0.25, 0.3) is 22.0 Å². The van der Waals surface area contributed by atoms with Crippen molar-refractivity contribution >= 4 is 25.5 Å². The molecule has 1 aromatic heterocycles. The number of aryl methyl sites for hydroxylation is 2. The molecule has 1 aliphatic rings. The van der Waals surface area contributed by atoms with Crippen molar-refractivity contribution in [1.82, 2.24) is 9.19 Å². The van der Waals surface area contributed by atoms with E-state index in [1.54, 1.807) is 7.11 Å². The van der Waals surface area contributed by atoms with Gasteiger partial charge in [0.1, 0.15) is 0 Å². The number of rotatable bonds is 1. The summed E-state index contributed by atoms with van der Waals surface area (Å²) in [6.07, 6.45) is 2.19. The molecule has 3 nitrogen and oxygen atoms in total. The standard InChI is InChI=1S/C15H12N2OSe/c1-18-13-8-12-10(9-4-2-3-5-11(9)13)6-7-14-15(12)16-17-19-14/h2-5,8H,6-7H2,1H3. The Morgan fingerprint density at radius 1 is 1.16 bits per heavy atom. The molecule has 2 aromatic carbocycles. The number of fused-ring (bicyclic) bond motifs is 5. The van der Waals surface area contributed by atoms with E-state index in [2.05, 4.69) is 39.5 Å². The zero-order valence-corrected chi connectivity index (χ0v) is 12.2. The molecule has 0 spiro atoms. The molecule has 0 amide bonds. The maximum atomic E-state index is 5.55. The number of benzene rings is 2. The van der Waals surface area contributed by atoms with E-state index in [0.717, 1.165) is 24.3 Å². The molecule has 0 radical (unpaired) electrons. The fourth-order valence-corrected chi connectivity index (χ4v) is 4.24. The molecule has 0 saturated carbocycles. The van der Waals surface area contributed by atoms with Gasteiger partial charge in [-0.3, -0.25) is 0 Å². The van der Waals surface area contributed by atoms with Crippen LogP contribution in [0.15, 0.2) is 30.3 Å². The Balaban J connectivity index is 2.13. The molecular formula is C15H12N2OSe. The van der Waals surface area contributed by atoms with Gasteiger partial charge in [0.05, 0.1) is 0 Å². The van der Waals surface area contributed by atoms with Crippen LogP contribution in [0.1, 0.15) is 10.0 Å². The Labute approximate surface area is 117 Å². The van der Waals surface area contributed by atoms with E-state index in [-0.39, 0.29) is 14.7 Å². The fraction of sp³-hybridized carbons (Fsp3) is 0.200. The second-order valence-electron chi connectivity index (χ2n) is 4.70. The Hall–Kier alpha value is -1.64. The van der Waals surface area contributed by atoms with Crippen LogP contribution >= 0.6 is 0 Å². The SMILES string of the molecule is COc1cc2c(c3ccccc13)CCc1[se]nnc1-2. The summed E-state index contributed by atoms with van der Waals surface area (Å²) in [4.78, 5) is 0. The summed E-state index contributed by atoms with van der Waals surface area (Å²) in [6.45, 7) is 0. The van der Waals surface area contributed by atoms with Crippen LogP contribution in [-0.2, 0) is 12.8 Å². The van der Waals surface area contributed by atoms with E-state index in [4.69, 9.17) is 4.74 Å². The summed E-state index contributed by atoms with van der Waals surface area (Å²) in [5.41, 5.74) is 3.72. The van der Waals surface area contributed by atoms with Crippen molar-refractivity contribution < 1.29 is 4.74 Å². The van der Waals surface area contributed by atoms with E-state index in [1.807, 2.05) is 0 Å². The molecule has 4 rings (SSSR count). The van der Waals surface area contributed by atoms with Crippen LogP contribution in [0.3, 0.4) is 0 Å². The third kappa shape index (κ3) is 1.57. The number of hydrogen-bond acceptors (Lipinski definition) is 3. The molecule has 0 fully saturated rings. The van der Waals surface area contributed by atoms with E-state index in [1.165, 1.54) is 26.3 Å². The topological polar surface area (TPSA) is 35.0 Å². The first-order valence-electron chi connectivity index (χ1n) is 6.28. The van der Waals surface area contributed by atoms with E-state index in [9.17, 15) is 0 Å². The normalized spacial score (nSPS) is 13.1. The van der Waals surface area contributed by atoms with Crippen LogP contribution < -0.4 is 4.74 Å². The number of nitrogens with zero attached hydrogens (tertiary/aromatic N) is 2. The molecule has 0 unspecified atom stereocenters. The van der Waals surface area contributed by atoms with Crippen molar-refractivity contribution in [3.8, 4) is 17.0 Å². The van der Waals surface area contributed by atoms with Gasteiger partial charge in [-0.05, 0) is 0 Å². The van der Waals surface area contributed by atoms with Crippen molar-refractivity contribution in [2.24, 2.45) is 0 Å². The van der Waals surface area contributed by atoms with Gasteiger partial charge in [-0.15, -0.1) is 0 Å². The number of hydrogen-bond donors (Lipinski definition) is 0. The second-order valence-corrected chi connectivity index (χ2v) is 6.45. The third-order valence-electron chi connectivity index (χ3n) is 3.75. The summed E-state index contributed by atoms with van der Waals surface area (Å²) < 4.78 is 11.2. The van der Waals surface area contributed by atoms with Gasteiger partial charge in [-0.1, -0.05) is 0 Å². The van der Waals surface area contributed by atoms with Crippen LogP contribution in [0.4, 0.5) is 0 Å². The quantitative estimate of drug-likeness (QED) is 0.647. The summed E-state index contributed by atoms with van der Waals surface area (Å²) in [6, 6.07) is 10.6. The van der Waals surface area contributed by atoms with Gasteiger partial charge in [0.2, 0.25) is 0 Å². The number of aromatic nitrogens is 2. The van der Waals surface area contributed by atoms with Gasteiger partial charge in [0, 0.05) is 0 Å². The molecule has 19 heavy (non-hydrogen) atoms. The summed E-state index contributed by atoms with van der Waals surface area (Å²) in [5.74, 6) is 0.928. The van der Waals surface area contributed by atoms with Gasteiger partial charge in [-0.25, -0.2) is 0 Å². The Morgan fingerprint density at radius 2 is 2.00 bits per heavy atom. The molecule has 0 atom stereocenters. The number of methoxy groups -OCH3 is 1. The minimum atomic E-state index is 0.214. The van der Waals surface area contributed by atoms with Crippen molar-refractivity contribution in [2.75, 3.05) is 7.11 Å². The van der Waals surface area contributed by atoms with E-state index in [0.29, 0.717) is 0 Å². The zero-order chi connectivity index (χ0) is 12.8. The predicted octanol–water partition coefficient (Wildman–Crippen LogP) is 2.46. The molecule has 4 heteroatoms. The number of ether oxygens (including phenoxy) is 1. The predicted molar refractivity (Wildman–Crippen MR) is 75.9 cm³/mol. The van der Waals surface area contributed by atoms with Crippen molar-refractivity contribution in [3.05, 3.63) is 40.3 Å². The fourth-order valence-electron chi connectivity index (χ4n) is 2.87. The molecule has 0 bridgehead atoms. The zero-order valence-electron chi connectivity index (χ0n) is 10.5. The first kappa shape index (κ1) is 11.2. The van der Waals surface area contributed by atoms with Crippen LogP contribution in [0, 0.1) is 0 Å². The summed E-state index contributed by atoms with van der Waals surface area (Å²) in [7, 11) is 1.73. The average Bonchev–Trinajstić information content (AvgIpc) is 2.95. The van der Waals surface area contributed by atoms with Gasteiger partial charge in [-0.2, -0.15) is 0 Å². The van der Waals surface area contributed by atoms with Gasteiger partial charge in [0.25, 0.3) is 0 Å². The third-order valence-corrected chi connectivity index (χ3v) is 5.39.